The minimum Gasteiger partial charge on any atom is -0.497 e. The molecule has 4 rings (SSSR count). The summed E-state index contributed by atoms with van der Waals surface area (Å²) in [5.41, 5.74) is 1.79. The summed E-state index contributed by atoms with van der Waals surface area (Å²) in [4.78, 5) is 16.5. The van der Waals surface area contributed by atoms with Gasteiger partial charge in [0, 0.05) is 16.5 Å². The first-order valence-corrected chi connectivity index (χ1v) is 8.38. The number of aromatic nitrogens is 2. The minimum absolute atomic E-state index is 0.0986. The van der Waals surface area contributed by atoms with Crippen LogP contribution in [0.5, 0.6) is 5.75 Å². The molecule has 2 aromatic heterocycles. The van der Waals surface area contributed by atoms with Crippen LogP contribution in [-0.2, 0) is 11.3 Å². The molecule has 0 N–H and O–H groups in total. The molecule has 0 fully saturated rings. The van der Waals surface area contributed by atoms with Crippen LogP contribution in [0.1, 0.15) is 22.0 Å². The summed E-state index contributed by atoms with van der Waals surface area (Å²) in [6.07, 6.45) is 0. The number of nitrogens with zero attached hydrogens (tertiary/aromatic N) is 2. The van der Waals surface area contributed by atoms with Gasteiger partial charge in [-0.2, -0.15) is 4.98 Å². The topological polar surface area (TPSA) is 87.6 Å². The van der Waals surface area contributed by atoms with Crippen molar-refractivity contribution in [3.63, 3.8) is 0 Å². The van der Waals surface area contributed by atoms with Gasteiger partial charge in [0.1, 0.15) is 17.1 Å². The molecule has 0 unspecified atom stereocenters. The second-order valence-corrected chi connectivity index (χ2v) is 6.01. The van der Waals surface area contributed by atoms with Crippen molar-refractivity contribution in [1.29, 1.82) is 0 Å². The zero-order valence-electron chi connectivity index (χ0n) is 15.1. The molecule has 8 heteroatoms. The van der Waals surface area contributed by atoms with E-state index in [4.69, 9.17) is 18.4 Å². The Bertz CT molecular complexity index is 1150. The van der Waals surface area contributed by atoms with Gasteiger partial charge < -0.3 is 18.4 Å². The van der Waals surface area contributed by atoms with Gasteiger partial charge in [0.15, 0.2) is 6.61 Å². The predicted octanol–water partition coefficient (Wildman–Crippen LogP) is 4.30. The summed E-state index contributed by atoms with van der Waals surface area (Å²) in [5.74, 6) is 0.146. The fraction of sp³-hybridized carbons (Fsp3) is 0.150. The number of aryl methyl sites for hydroxylation is 1. The van der Waals surface area contributed by atoms with E-state index in [0.29, 0.717) is 22.5 Å². The van der Waals surface area contributed by atoms with Crippen molar-refractivity contribution in [1.82, 2.24) is 10.1 Å². The van der Waals surface area contributed by atoms with Crippen LogP contribution in [0.25, 0.3) is 22.4 Å². The third kappa shape index (κ3) is 3.32. The summed E-state index contributed by atoms with van der Waals surface area (Å²) in [6, 6.07) is 10.9. The van der Waals surface area contributed by atoms with E-state index in [0.717, 1.165) is 5.39 Å². The van der Waals surface area contributed by atoms with Gasteiger partial charge in [-0.3, -0.25) is 0 Å². The number of rotatable bonds is 5. The standard InChI is InChI=1S/C20H15FN2O5/c1-11-15-9-14(25-2)7-8-16(15)27-18(11)20(24)26-10-17-22-19(23-28-17)12-3-5-13(21)6-4-12/h3-9H,10H2,1-2H3. The Kier molecular flexibility index (Phi) is 4.52. The SMILES string of the molecule is COc1ccc2oc(C(=O)OCc3nc(-c4ccc(F)cc4)no3)c(C)c2c1. The summed E-state index contributed by atoms with van der Waals surface area (Å²) in [7, 11) is 1.57. The van der Waals surface area contributed by atoms with Crippen LogP contribution < -0.4 is 4.74 Å². The number of hydrogen-bond acceptors (Lipinski definition) is 7. The van der Waals surface area contributed by atoms with Gasteiger partial charge in [-0.1, -0.05) is 5.16 Å². The molecule has 0 saturated carbocycles. The van der Waals surface area contributed by atoms with Gasteiger partial charge in [0.25, 0.3) is 5.89 Å². The number of methoxy groups -OCH3 is 1. The molecule has 0 radical (unpaired) electrons. The van der Waals surface area contributed by atoms with Crippen LogP contribution in [0.3, 0.4) is 0 Å². The van der Waals surface area contributed by atoms with Crippen molar-refractivity contribution in [2.24, 2.45) is 0 Å². The van der Waals surface area contributed by atoms with E-state index in [9.17, 15) is 9.18 Å². The van der Waals surface area contributed by atoms with Crippen LogP contribution in [0.15, 0.2) is 51.4 Å². The molecule has 4 aromatic rings. The lowest BCUT2D eigenvalue weighted by molar-refractivity contribution is 0.0395. The largest absolute Gasteiger partial charge is 0.497 e. The Hall–Kier alpha value is -3.68. The van der Waals surface area contributed by atoms with Crippen molar-refractivity contribution in [3.8, 4) is 17.1 Å². The fourth-order valence-corrected chi connectivity index (χ4v) is 2.74. The summed E-state index contributed by atoms with van der Waals surface area (Å²) in [5, 5.41) is 4.57. The zero-order chi connectivity index (χ0) is 19.7. The second-order valence-electron chi connectivity index (χ2n) is 6.01. The highest BCUT2D eigenvalue weighted by Gasteiger charge is 2.20. The first-order valence-electron chi connectivity index (χ1n) is 8.38. The molecule has 7 nitrogen and oxygen atoms in total. The van der Waals surface area contributed by atoms with E-state index < -0.39 is 5.97 Å². The number of furan rings is 1. The highest BCUT2D eigenvalue weighted by Crippen LogP contribution is 2.29. The fourth-order valence-electron chi connectivity index (χ4n) is 2.74. The van der Waals surface area contributed by atoms with Crippen LogP contribution in [0, 0.1) is 12.7 Å². The maximum Gasteiger partial charge on any atom is 0.375 e. The number of ether oxygens (including phenoxy) is 2. The van der Waals surface area contributed by atoms with Crippen molar-refractivity contribution < 1.29 is 27.6 Å². The monoisotopic (exact) mass is 382 g/mol. The molecule has 2 aromatic carbocycles. The number of carbonyl (C=O) groups excluding carboxylic acids is 1. The Morgan fingerprint density at radius 1 is 1.18 bits per heavy atom. The highest BCUT2D eigenvalue weighted by molar-refractivity contribution is 5.96. The Balaban J connectivity index is 1.48. The third-order valence-electron chi connectivity index (χ3n) is 4.23. The predicted molar refractivity (Wildman–Crippen MR) is 96.3 cm³/mol. The van der Waals surface area contributed by atoms with Gasteiger partial charge in [-0.25, -0.2) is 9.18 Å². The molecule has 0 aliphatic rings. The van der Waals surface area contributed by atoms with E-state index in [1.54, 1.807) is 32.2 Å². The van der Waals surface area contributed by atoms with Crippen LogP contribution in [0.2, 0.25) is 0 Å². The normalized spacial score (nSPS) is 11.0. The Morgan fingerprint density at radius 2 is 1.96 bits per heavy atom. The molecular weight excluding hydrogens is 367 g/mol. The molecule has 0 amide bonds. The van der Waals surface area contributed by atoms with Crippen molar-refractivity contribution in [2.75, 3.05) is 7.11 Å². The molecular formula is C20H15FN2O5. The van der Waals surface area contributed by atoms with E-state index in [2.05, 4.69) is 10.1 Å². The van der Waals surface area contributed by atoms with E-state index in [1.807, 2.05) is 0 Å². The molecule has 0 spiro atoms. The Morgan fingerprint density at radius 3 is 2.71 bits per heavy atom. The number of hydrogen-bond donors (Lipinski definition) is 0. The molecule has 0 atom stereocenters. The summed E-state index contributed by atoms with van der Waals surface area (Å²) in [6.45, 7) is 1.55. The van der Waals surface area contributed by atoms with Gasteiger partial charge in [0.05, 0.1) is 7.11 Å². The number of carbonyl (C=O) groups is 1. The van der Waals surface area contributed by atoms with E-state index in [1.165, 1.54) is 24.3 Å². The molecule has 2 heterocycles. The van der Waals surface area contributed by atoms with Gasteiger partial charge >= 0.3 is 5.97 Å². The smallest absolute Gasteiger partial charge is 0.375 e. The number of fused-ring (bicyclic) bond motifs is 1. The molecule has 0 aliphatic carbocycles. The lowest BCUT2D eigenvalue weighted by Crippen LogP contribution is -2.05. The summed E-state index contributed by atoms with van der Waals surface area (Å²) < 4.78 is 34.1. The van der Waals surface area contributed by atoms with Gasteiger partial charge in [0.2, 0.25) is 11.6 Å². The maximum atomic E-state index is 13.0. The van der Waals surface area contributed by atoms with Crippen molar-refractivity contribution in [2.45, 2.75) is 13.5 Å². The quantitative estimate of drug-likeness (QED) is 0.476. The lowest BCUT2D eigenvalue weighted by atomic mass is 10.1. The maximum absolute atomic E-state index is 13.0. The van der Waals surface area contributed by atoms with E-state index in [-0.39, 0.29) is 29.9 Å². The van der Waals surface area contributed by atoms with E-state index >= 15 is 0 Å². The molecule has 28 heavy (non-hydrogen) atoms. The minimum atomic E-state index is -0.644. The van der Waals surface area contributed by atoms with Gasteiger partial charge in [-0.05, 0) is 49.4 Å². The summed E-state index contributed by atoms with van der Waals surface area (Å²) >= 11 is 0. The first-order chi connectivity index (χ1) is 13.5. The molecule has 0 saturated heterocycles. The molecule has 142 valence electrons. The highest BCUT2D eigenvalue weighted by atomic mass is 19.1. The zero-order valence-corrected chi connectivity index (χ0v) is 15.1. The van der Waals surface area contributed by atoms with Gasteiger partial charge in [-0.15, -0.1) is 0 Å². The number of halogens is 1. The average molecular weight is 382 g/mol. The molecule has 0 aliphatic heterocycles. The van der Waals surface area contributed by atoms with Crippen molar-refractivity contribution >= 4 is 16.9 Å². The molecule has 0 bridgehead atoms. The average Bonchev–Trinajstić information content (AvgIpc) is 3.31. The van der Waals surface area contributed by atoms with Crippen LogP contribution >= 0.6 is 0 Å². The third-order valence-corrected chi connectivity index (χ3v) is 4.23. The Labute approximate surface area is 158 Å². The second kappa shape index (κ2) is 7.15. The van der Waals surface area contributed by atoms with Crippen molar-refractivity contribution in [3.05, 3.63) is 65.5 Å². The first kappa shape index (κ1) is 17.7. The van der Waals surface area contributed by atoms with Crippen LogP contribution in [-0.4, -0.2) is 23.2 Å². The lowest BCUT2D eigenvalue weighted by Gasteiger charge is -1.99. The number of esters is 1. The van der Waals surface area contributed by atoms with Crippen LogP contribution in [0.4, 0.5) is 4.39 Å². The number of benzene rings is 2.